The lowest BCUT2D eigenvalue weighted by Crippen LogP contribution is -2.27. The van der Waals surface area contributed by atoms with Gasteiger partial charge in [-0.05, 0) is 13.8 Å². The fourth-order valence-electron chi connectivity index (χ4n) is 0.914. The van der Waals surface area contributed by atoms with Gasteiger partial charge in [0.25, 0.3) is 20.2 Å². The monoisotopic (exact) mass is 290 g/mol. The van der Waals surface area contributed by atoms with E-state index in [2.05, 4.69) is 8.37 Å². The number of hydrogen-bond donors (Lipinski definition) is 0. The van der Waals surface area contributed by atoms with Crippen LogP contribution in [0.25, 0.3) is 0 Å². The van der Waals surface area contributed by atoms with E-state index in [-0.39, 0.29) is 13.2 Å². The minimum Gasteiger partial charge on any atom is -0.371 e. The highest BCUT2D eigenvalue weighted by molar-refractivity contribution is 7.86. The van der Waals surface area contributed by atoms with Gasteiger partial charge in [0.1, 0.15) is 0 Å². The second-order valence-electron chi connectivity index (χ2n) is 3.73. The molecule has 2 unspecified atom stereocenters. The van der Waals surface area contributed by atoms with Crippen LogP contribution in [0.15, 0.2) is 0 Å². The number of ether oxygens (including phenoxy) is 1. The molecule has 0 amide bonds. The zero-order valence-electron chi connectivity index (χ0n) is 10.2. The van der Waals surface area contributed by atoms with Gasteiger partial charge in [0, 0.05) is 0 Å². The third kappa shape index (κ3) is 12.0. The number of hydrogen-bond acceptors (Lipinski definition) is 7. The first-order chi connectivity index (χ1) is 7.49. The molecule has 0 saturated carbocycles. The van der Waals surface area contributed by atoms with Crippen LogP contribution in [0.2, 0.25) is 0 Å². The smallest absolute Gasteiger partial charge is 0.264 e. The van der Waals surface area contributed by atoms with Crippen molar-refractivity contribution in [3.63, 3.8) is 0 Å². The Morgan fingerprint density at radius 1 is 0.824 bits per heavy atom. The van der Waals surface area contributed by atoms with Gasteiger partial charge in [-0.1, -0.05) is 0 Å². The van der Waals surface area contributed by atoms with Crippen LogP contribution >= 0.6 is 0 Å². The van der Waals surface area contributed by atoms with Crippen LogP contribution in [0.3, 0.4) is 0 Å². The van der Waals surface area contributed by atoms with Crippen molar-refractivity contribution in [3.8, 4) is 0 Å². The van der Waals surface area contributed by atoms with Crippen LogP contribution in [0, 0.1) is 0 Å². The van der Waals surface area contributed by atoms with E-state index in [9.17, 15) is 16.8 Å². The first kappa shape index (κ1) is 16.8. The first-order valence-electron chi connectivity index (χ1n) is 4.84. The number of rotatable bonds is 8. The molecule has 0 aromatic rings. The lowest BCUT2D eigenvalue weighted by Gasteiger charge is -2.18. The molecule has 0 aromatic carbocycles. The maximum Gasteiger partial charge on any atom is 0.264 e. The molecule has 7 nitrogen and oxygen atoms in total. The molecule has 0 fully saturated rings. The van der Waals surface area contributed by atoms with Crippen LogP contribution in [0.5, 0.6) is 0 Å². The minimum absolute atomic E-state index is 0.123. The standard InChI is InChI=1S/C8H18O7S2/c1-7(5-13-16(3,9)10)15-8(2)6-14-17(4,11)12/h7-8H,5-6H2,1-4H3. The van der Waals surface area contributed by atoms with Gasteiger partial charge in [-0.15, -0.1) is 0 Å². The quantitative estimate of drug-likeness (QED) is 0.568. The van der Waals surface area contributed by atoms with Crippen molar-refractivity contribution in [3.05, 3.63) is 0 Å². The second-order valence-corrected chi connectivity index (χ2v) is 7.02. The molecule has 17 heavy (non-hydrogen) atoms. The Hall–Kier alpha value is -0.220. The van der Waals surface area contributed by atoms with Gasteiger partial charge < -0.3 is 4.74 Å². The highest BCUT2D eigenvalue weighted by Gasteiger charge is 2.13. The van der Waals surface area contributed by atoms with Crippen molar-refractivity contribution in [1.82, 2.24) is 0 Å². The topological polar surface area (TPSA) is 96.0 Å². The molecule has 0 aromatic heterocycles. The van der Waals surface area contributed by atoms with Gasteiger partial charge in [-0.3, -0.25) is 8.37 Å². The molecule has 0 bridgehead atoms. The third-order valence-electron chi connectivity index (χ3n) is 1.50. The molecular weight excluding hydrogens is 272 g/mol. The predicted molar refractivity (Wildman–Crippen MR) is 61.6 cm³/mol. The second kappa shape index (κ2) is 6.64. The summed E-state index contributed by atoms with van der Waals surface area (Å²) in [7, 11) is -7.00. The summed E-state index contributed by atoms with van der Waals surface area (Å²) in [4.78, 5) is 0. The minimum atomic E-state index is -3.50. The summed E-state index contributed by atoms with van der Waals surface area (Å²) in [6, 6.07) is 0. The van der Waals surface area contributed by atoms with Crippen LogP contribution in [-0.4, -0.2) is 54.8 Å². The van der Waals surface area contributed by atoms with Crippen molar-refractivity contribution in [2.45, 2.75) is 26.1 Å². The van der Waals surface area contributed by atoms with Gasteiger partial charge >= 0.3 is 0 Å². The van der Waals surface area contributed by atoms with Crippen molar-refractivity contribution >= 4 is 20.2 Å². The van der Waals surface area contributed by atoms with Crippen molar-refractivity contribution in [2.75, 3.05) is 25.7 Å². The molecule has 0 aliphatic heterocycles. The first-order valence-corrected chi connectivity index (χ1v) is 8.47. The van der Waals surface area contributed by atoms with Gasteiger partial charge in [-0.2, -0.15) is 16.8 Å². The summed E-state index contributed by atoms with van der Waals surface area (Å²) < 4.78 is 57.1. The van der Waals surface area contributed by atoms with Gasteiger partial charge in [0.2, 0.25) is 0 Å². The molecule has 0 aliphatic carbocycles. The van der Waals surface area contributed by atoms with E-state index < -0.39 is 32.4 Å². The Morgan fingerprint density at radius 3 is 1.35 bits per heavy atom. The predicted octanol–water partition coefficient (Wildman–Crippen LogP) is -0.268. The SMILES string of the molecule is CC(COS(C)(=O)=O)OC(C)COS(C)(=O)=O. The molecule has 104 valence electrons. The summed E-state index contributed by atoms with van der Waals surface area (Å²) in [5, 5.41) is 0. The summed E-state index contributed by atoms with van der Waals surface area (Å²) in [5.41, 5.74) is 0. The lowest BCUT2D eigenvalue weighted by molar-refractivity contribution is -0.0315. The van der Waals surface area contributed by atoms with Gasteiger partial charge in [0.15, 0.2) is 0 Å². The fraction of sp³-hybridized carbons (Fsp3) is 1.00. The zero-order valence-corrected chi connectivity index (χ0v) is 11.9. The fourth-order valence-corrected chi connectivity index (χ4v) is 1.79. The van der Waals surface area contributed by atoms with E-state index in [0.29, 0.717) is 0 Å². The summed E-state index contributed by atoms with van der Waals surface area (Å²) >= 11 is 0. The molecule has 0 heterocycles. The molecule has 0 saturated heterocycles. The summed E-state index contributed by atoms with van der Waals surface area (Å²) in [6.45, 7) is 2.98. The zero-order chi connectivity index (χ0) is 13.7. The van der Waals surface area contributed by atoms with Crippen molar-refractivity contribution in [2.24, 2.45) is 0 Å². The Balaban J connectivity index is 3.92. The van der Waals surface area contributed by atoms with Gasteiger partial charge in [0.05, 0.1) is 37.9 Å². The molecule has 0 rings (SSSR count). The Kier molecular flexibility index (Phi) is 6.56. The largest absolute Gasteiger partial charge is 0.371 e. The molecule has 9 heteroatoms. The molecule has 0 spiro atoms. The van der Waals surface area contributed by atoms with Crippen LogP contribution in [-0.2, 0) is 33.3 Å². The Labute approximate surface area is 102 Å². The van der Waals surface area contributed by atoms with E-state index in [1.807, 2.05) is 0 Å². The van der Waals surface area contributed by atoms with E-state index in [4.69, 9.17) is 4.74 Å². The van der Waals surface area contributed by atoms with E-state index in [0.717, 1.165) is 12.5 Å². The average Bonchev–Trinajstić information content (AvgIpc) is 2.09. The van der Waals surface area contributed by atoms with E-state index >= 15 is 0 Å². The molecule has 0 aliphatic rings. The highest BCUT2D eigenvalue weighted by atomic mass is 32.2. The van der Waals surface area contributed by atoms with Crippen molar-refractivity contribution in [1.29, 1.82) is 0 Å². The molecule has 0 radical (unpaired) electrons. The van der Waals surface area contributed by atoms with Gasteiger partial charge in [-0.25, -0.2) is 0 Å². The molecule has 2 atom stereocenters. The molecule has 0 N–H and O–H groups in total. The maximum atomic E-state index is 10.7. The Bertz CT molecular complexity index is 371. The highest BCUT2D eigenvalue weighted by Crippen LogP contribution is 2.02. The van der Waals surface area contributed by atoms with Crippen molar-refractivity contribution < 1.29 is 29.9 Å². The third-order valence-corrected chi connectivity index (χ3v) is 2.63. The lowest BCUT2D eigenvalue weighted by atomic mass is 10.4. The van der Waals surface area contributed by atoms with Crippen LogP contribution in [0.1, 0.15) is 13.8 Å². The van der Waals surface area contributed by atoms with Crippen LogP contribution < -0.4 is 0 Å². The molecular formula is C8H18O7S2. The Morgan fingerprint density at radius 2 is 1.12 bits per heavy atom. The van der Waals surface area contributed by atoms with E-state index in [1.54, 1.807) is 13.8 Å². The maximum absolute atomic E-state index is 10.7. The summed E-state index contributed by atoms with van der Waals surface area (Å²) in [5.74, 6) is 0. The van der Waals surface area contributed by atoms with E-state index in [1.165, 1.54) is 0 Å². The normalized spacial score (nSPS) is 16.7. The summed E-state index contributed by atoms with van der Waals surface area (Å²) in [6.07, 6.45) is 0.914. The van der Waals surface area contributed by atoms with Crippen LogP contribution in [0.4, 0.5) is 0 Å². The average molecular weight is 290 g/mol.